The number of nitrogens with zero attached hydrogens (tertiary/aromatic N) is 1. The Kier molecular flexibility index (Phi) is 4.91. The van der Waals surface area contributed by atoms with Crippen molar-refractivity contribution in [2.75, 3.05) is 4.90 Å². The van der Waals surface area contributed by atoms with Gasteiger partial charge in [-0.2, -0.15) is 0 Å². The van der Waals surface area contributed by atoms with Crippen LogP contribution in [0.4, 0.5) is 10.1 Å². The predicted molar refractivity (Wildman–Crippen MR) is 109 cm³/mol. The number of hydrogen-bond acceptors (Lipinski definition) is 4. The summed E-state index contributed by atoms with van der Waals surface area (Å²) in [4.78, 5) is 39.4. The maximum Gasteiger partial charge on any atom is 0.338 e. The third kappa shape index (κ3) is 3.48. The fraction of sp³-hybridized carbons (Fsp3) is 0.125. The molecule has 0 saturated carbocycles. The van der Waals surface area contributed by atoms with Crippen LogP contribution in [0.3, 0.4) is 0 Å². The Labute approximate surface area is 172 Å². The maximum atomic E-state index is 13.3. The van der Waals surface area contributed by atoms with Crippen molar-refractivity contribution in [2.45, 2.75) is 20.5 Å². The number of anilines is 1. The van der Waals surface area contributed by atoms with Gasteiger partial charge in [-0.25, -0.2) is 14.1 Å². The van der Waals surface area contributed by atoms with Crippen LogP contribution in [0.5, 0.6) is 0 Å². The van der Waals surface area contributed by atoms with E-state index < -0.39 is 23.6 Å². The normalized spacial score (nSPS) is 12.8. The third-order valence-corrected chi connectivity index (χ3v) is 4.99. The first-order valence-corrected chi connectivity index (χ1v) is 9.37. The van der Waals surface area contributed by atoms with Gasteiger partial charge in [0.2, 0.25) is 0 Å². The molecule has 0 bridgehead atoms. The van der Waals surface area contributed by atoms with E-state index in [1.807, 2.05) is 26.0 Å². The zero-order valence-corrected chi connectivity index (χ0v) is 16.4. The molecule has 0 atom stereocenters. The number of ether oxygens (including phenoxy) is 1. The molecule has 3 aromatic carbocycles. The smallest absolute Gasteiger partial charge is 0.338 e. The number of rotatable bonds is 4. The van der Waals surface area contributed by atoms with Crippen LogP contribution >= 0.6 is 0 Å². The zero-order valence-electron chi connectivity index (χ0n) is 16.4. The fourth-order valence-corrected chi connectivity index (χ4v) is 3.41. The van der Waals surface area contributed by atoms with Gasteiger partial charge in [-0.1, -0.05) is 24.3 Å². The van der Waals surface area contributed by atoms with Crippen molar-refractivity contribution in [1.82, 2.24) is 0 Å². The second kappa shape index (κ2) is 7.55. The highest BCUT2D eigenvalue weighted by atomic mass is 19.1. The lowest BCUT2D eigenvalue weighted by Gasteiger charge is -2.17. The molecule has 0 saturated heterocycles. The van der Waals surface area contributed by atoms with Gasteiger partial charge in [0.05, 0.1) is 22.4 Å². The van der Waals surface area contributed by atoms with Gasteiger partial charge >= 0.3 is 5.97 Å². The van der Waals surface area contributed by atoms with E-state index in [4.69, 9.17) is 4.74 Å². The van der Waals surface area contributed by atoms with E-state index in [1.54, 1.807) is 12.1 Å². The Morgan fingerprint density at radius 3 is 2.47 bits per heavy atom. The molecule has 0 fully saturated rings. The van der Waals surface area contributed by atoms with E-state index in [2.05, 4.69) is 0 Å². The summed E-state index contributed by atoms with van der Waals surface area (Å²) in [7, 11) is 0. The predicted octanol–water partition coefficient (Wildman–Crippen LogP) is 4.60. The van der Waals surface area contributed by atoms with E-state index in [0.717, 1.165) is 16.0 Å². The first kappa shape index (κ1) is 19.5. The molecular weight excluding hydrogens is 385 g/mol. The molecule has 0 spiro atoms. The summed E-state index contributed by atoms with van der Waals surface area (Å²) < 4.78 is 18.5. The molecule has 4 rings (SSSR count). The SMILES string of the molecule is Cc1ccc(C)c(N2C(=O)c3ccc(C(=O)OCc4cccc(F)c4)cc3C2=O)c1. The Morgan fingerprint density at radius 1 is 0.933 bits per heavy atom. The Balaban J connectivity index is 1.58. The molecule has 0 aliphatic carbocycles. The molecule has 0 radical (unpaired) electrons. The number of fused-ring (bicyclic) bond motifs is 1. The summed E-state index contributed by atoms with van der Waals surface area (Å²) in [5, 5.41) is 0. The number of carbonyl (C=O) groups is 3. The molecule has 0 aromatic heterocycles. The lowest BCUT2D eigenvalue weighted by molar-refractivity contribution is 0.0472. The summed E-state index contributed by atoms with van der Waals surface area (Å²) in [6.07, 6.45) is 0. The van der Waals surface area contributed by atoms with Crippen molar-refractivity contribution in [2.24, 2.45) is 0 Å². The molecule has 1 heterocycles. The summed E-state index contributed by atoms with van der Waals surface area (Å²) in [5.41, 5.74) is 3.30. The summed E-state index contributed by atoms with van der Waals surface area (Å²) in [5.74, 6) is -1.99. The number of carbonyl (C=O) groups excluding carboxylic acids is 3. The molecule has 0 unspecified atom stereocenters. The standard InChI is InChI=1S/C24H18FNO4/c1-14-6-7-15(2)21(10-14)26-22(27)19-9-8-17(12-20(19)23(26)28)24(29)30-13-16-4-3-5-18(25)11-16/h3-12H,13H2,1-2H3. The van der Waals surface area contributed by atoms with Gasteiger partial charge in [-0.05, 0) is 66.9 Å². The minimum Gasteiger partial charge on any atom is -0.457 e. The summed E-state index contributed by atoms with van der Waals surface area (Å²) >= 11 is 0. The lowest BCUT2D eigenvalue weighted by Crippen LogP contribution is -2.30. The molecule has 0 N–H and O–H groups in total. The van der Waals surface area contributed by atoms with Gasteiger partial charge in [0.25, 0.3) is 11.8 Å². The van der Waals surface area contributed by atoms with Gasteiger partial charge in [0.15, 0.2) is 0 Å². The largest absolute Gasteiger partial charge is 0.457 e. The number of aryl methyl sites for hydroxylation is 2. The fourth-order valence-electron chi connectivity index (χ4n) is 3.41. The minimum atomic E-state index is -0.660. The van der Waals surface area contributed by atoms with Gasteiger partial charge in [-0.15, -0.1) is 0 Å². The van der Waals surface area contributed by atoms with Crippen LogP contribution in [0.25, 0.3) is 0 Å². The third-order valence-electron chi connectivity index (χ3n) is 4.99. The van der Waals surface area contributed by atoms with Crippen LogP contribution in [0.2, 0.25) is 0 Å². The lowest BCUT2D eigenvalue weighted by atomic mass is 10.1. The van der Waals surface area contributed by atoms with Crippen LogP contribution < -0.4 is 4.90 Å². The van der Waals surface area contributed by atoms with Crippen molar-refractivity contribution in [3.05, 3.63) is 99.9 Å². The van der Waals surface area contributed by atoms with E-state index in [9.17, 15) is 18.8 Å². The van der Waals surface area contributed by atoms with E-state index in [-0.39, 0.29) is 23.3 Å². The zero-order chi connectivity index (χ0) is 21.4. The van der Waals surface area contributed by atoms with E-state index in [0.29, 0.717) is 11.3 Å². The molecule has 1 aliphatic heterocycles. The Bertz CT molecular complexity index is 1200. The number of esters is 1. The number of imide groups is 1. The maximum absolute atomic E-state index is 13.3. The molecule has 150 valence electrons. The molecule has 5 nitrogen and oxygen atoms in total. The average molecular weight is 403 g/mol. The second-order valence-corrected chi connectivity index (χ2v) is 7.20. The molecule has 6 heteroatoms. The van der Waals surface area contributed by atoms with Gasteiger partial charge in [-0.3, -0.25) is 9.59 Å². The van der Waals surface area contributed by atoms with Crippen molar-refractivity contribution in [1.29, 1.82) is 0 Å². The van der Waals surface area contributed by atoms with E-state index >= 15 is 0 Å². The highest BCUT2D eigenvalue weighted by molar-refractivity contribution is 6.35. The van der Waals surface area contributed by atoms with Crippen molar-refractivity contribution < 1.29 is 23.5 Å². The van der Waals surface area contributed by atoms with Crippen LogP contribution in [0.1, 0.15) is 47.8 Å². The number of halogens is 1. The molecule has 3 aromatic rings. The number of amides is 2. The summed E-state index contributed by atoms with van der Waals surface area (Å²) in [6, 6.07) is 15.6. The van der Waals surface area contributed by atoms with E-state index in [1.165, 1.54) is 36.4 Å². The van der Waals surface area contributed by atoms with Crippen LogP contribution in [0.15, 0.2) is 60.7 Å². The van der Waals surface area contributed by atoms with Crippen molar-refractivity contribution in [3.8, 4) is 0 Å². The number of benzene rings is 3. The second-order valence-electron chi connectivity index (χ2n) is 7.20. The molecule has 30 heavy (non-hydrogen) atoms. The Hall–Kier alpha value is -3.80. The Morgan fingerprint density at radius 2 is 1.70 bits per heavy atom. The summed E-state index contributed by atoms with van der Waals surface area (Å²) in [6.45, 7) is 3.61. The quantitative estimate of drug-likeness (QED) is 0.472. The first-order valence-electron chi connectivity index (χ1n) is 9.37. The van der Waals surface area contributed by atoms with Crippen molar-refractivity contribution >= 4 is 23.5 Å². The van der Waals surface area contributed by atoms with Crippen molar-refractivity contribution in [3.63, 3.8) is 0 Å². The first-order chi connectivity index (χ1) is 14.3. The monoisotopic (exact) mass is 403 g/mol. The van der Waals surface area contributed by atoms with Gasteiger partial charge < -0.3 is 4.74 Å². The van der Waals surface area contributed by atoms with Crippen LogP contribution in [-0.2, 0) is 11.3 Å². The minimum absolute atomic E-state index is 0.102. The highest BCUT2D eigenvalue weighted by Gasteiger charge is 2.38. The molecular formula is C24H18FNO4. The topological polar surface area (TPSA) is 63.7 Å². The van der Waals surface area contributed by atoms with Gasteiger partial charge in [0.1, 0.15) is 12.4 Å². The molecule has 2 amide bonds. The van der Waals surface area contributed by atoms with Crippen LogP contribution in [0, 0.1) is 19.7 Å². The highest BCUT2D eigenvalue weighted by Crippen LogP contribution is 2.32. The average Bonchev–Trinajstić information content (AvgIpc) is 2.98. The van der Waals surface area contributed by atoms with Crippen LogP contribution in [-0.4, -0.2) is 17.8 Å². The molecule has 1 aliphatic rings. The van der Waals surface area contributed by atoms with Gasteiger partial charge in [0, 0.05) is 0 Å². The number of hydrogen-bond donors (Lipinski definition) is 0.